The first-order chi connectivity index (χ1) is 10.0. The predicted octanol–water partition coefficient (Wildman–Crippen LogP) is 3.68. The zero-order chi connectivity index (χ0) is 15.4. The largest absolute Gasteiger partial charge is 0.312 e. The lowest BCUT2D eigenvalue weighted by molar-refractivity contribution is 0.633. The molecular formula is C18H23NOS. The van der Waals surface area contributed by atoms with Crippen molar-refractivity contribution in [1.29, 1.82) is 0 Å². The number of nitrogens with one attached hydrogen (secondary N) is 1. The van der Waals surface area contributed by atoms with Crippen LogP contribution < -0.4 is 5.32 Å². The van der Waals surface area contributed by atoms with Gasteiger partial charge in [-0.1, -0.05) is 35.9 Å². The molecule has 1 N–H and O–H groups in total. The van der Waals surface area contributed by atoms with Gasteiger partial charge in [0.25, 0.3) is 0 Å². The molecular weight excluding hydrogens is 278 g/mol. The Labute approximate surface area is 130 Å². The number of aryl methyl sites for hydroxylation is 3. The molecule has 2 nitrogen and oxygen atoms in total. The lowest BCUT2D eigenvalue weighted by Crippen LogP contribution is -2.23. The van der Waals surface area contributed by atoms with Crippen LogP contribution in [-0.4, -0.2) is 17.0 Å². The van der Waals surface area contributed by atoms with Crippen LogP contribution in [0, 0.1) is 20.8 Å². The van der Waals surface area contributed by atoms with Crippen molar-refractivity contribution in [3.05, 3.63) is 64.7 Å². The average molecular weight is 301 g/mol. The van der Waals surface area contributed by atoms with Crippen LogP contribution in [0.2, 0.25) is 0 Å². The van der Waals surface area contributed by atoms with Crippen molar-refractivity contribution in [2.45, 2.75) is 31.7 Å². The van der Waals surface area contributed by atoms with Crippen LogP contribution in [-0.2, 0) is 10.8 Å². The minimum absolute atomic E-state index is 0.104. The molecule has 0 spiro atoms. The van der Waals surface area contributed by atoms with Crippen molar-refractivity contribution in [3.8, 4) is 0 Å². The second kappa shape index (κ2) is 7.01. The van der Waals surface area contributed by atoms with E-state index >= 15 is 0 Å². The Morgan fingerprint density at radius 3 is 2.38 bits per heavy atom. The van der Waals surface area contributed by atoms with E-state index < -0.39 is 10.8 Å². The molecule has 0 aliphatic heterocycles. The Morgan fingerprint density at radius 1 is 1.05 bits per heavy atom. The fraction of sp³-hybridized carbons (Fsp3) is 0.333. The van der Waals surface area contributed by atoms with E-state index in [2.05, 4.69) is 37.4 Å². The molecule has 2 unspecified atom stereocenters. The lowest BCUT2D eigenvalue weighted by atomic mass is 10.0. The van der Waals surface area contributed by atoms with Crippen LogP contribution in [0.5, 0.6) is 0 Å². The first kappa shape index (κ1) is 15.9. The molecule has 0 aliphatic carbocycles. The highest BCUT2D eigenvalue weighted by atomic mass is 32.2. The van der Waals surface area contributed by atoms with Crippen LogP contribution in [0.4, 0.5) is 0 Å². The summed E-state index contributed by atoms with van der Waals surface area (Å²) >= 11 is 0. The van der Waals surface area contributed by atoms with Gasteiger partial charge in [0.1, 0.15) is 0 Å². The third-order valence-electron chi connectivity index (χ3n) is 3.72. The Hall–Kier alpha value is -1.45. The number of hydrogen-bond acceptors (Lipinski definition) is 2. The quantitative estimate of drug-likeness (QED) is 0.913. The fourth-order valence-electron chi connectivity index (χ4n) is 2.55. The van der Waals surface area contributed by atoms with Gasteiger partial charge in [0, 0.05) is 16.7 Å². The van der Waals surface area contributed by atoms with Crippen LogP contribution in [0.25, 0.3) is 0 Å². The lowest BCUT2D eigenvalue weighted by Gasteiger charge is -2.19. The second-order valence-corrected chi connectivity index (χ2v) is 7.03. The fourth-order valence-corrected chi connectivity index (χ4v) is 3.94. The van der Waals surface area contributed by atoms with Crippen LogP contribution in [0.3, 0.4) is 0 Å². The highest BCUT2D eigenvalue weighted by molar-refractivity contribution is 7.85. The molecule has 0 fully saturated rings. The zero-order valence-corrected chi connectivity index (χ0v) is 14.0. The Bertz CT molecular complexity index is 651. The van der Waals surface area contributed by atoms with E-state index in [1.807, 2.05) is 38.2 Å². The van der Waals surface area contributed by atoms with Crippen molar-refractivity contribution in [1.82, 2.24) is 5.32 Å². The van der Waals surface area contributed by atoms with Gasteiger partial charge in [0.2, 0.25) is 0 Å². The molecule has 3 heteroatoms. The monoisotopic (exact) mass is 301 g/mol. The maximum Gasteiger partial charge on any atom is 0.0548 e. The van der Waals surface area contributed by atoms with Crippen molar-refractivity contribution in [2.75, 3.05) is 12.8 Å². The molecule has 0 heterocycles. The summed E-state index contributed by atoms with van der Waals surface area (Å²) in [4.78, 5) is 0.903. The van der Waals surface area contributed by atoms with E-state index in [-0.39, 0.29) is 6.04 Å². The molecule has 112 valence electrons. The van der Waals surface area contributed by atoms with E-state index in [1.165, 1.54) is 16.7 Å². The van der Waals surface area contributed by atoms with E-state index in [1.54, 1.807) is 0 Å². The molecule has 0 aliphatic rings. The molecule has 2 atom stereocenters. The van der Waals surface area contributed by atoms with Crippen molar-refractivity contribution in [2.24, 2.45) is 0 Å². The van der Waals surface area contributed by atoms with E-state index in [9.17, 15) is 4.21 Å². The molecule has 0 bridgehead atoms. The third kappa shape index (κ3) is 4.02. The van der Waals surface area contributed by atoms with Gasteiger partial charge in [-0.05, 0) is 56.6 Å². The summed E-state index contributed by atoms with van der Waals surface area (Å²) in [5.41, 5.74) is 4.87. The van der Waals surface area contributed by atoms with Gasteiger partial charge in [-0.2, -0.15) is 0 Å². The van der Waals surface area contributed by atoms with Gasteiger partial charge < -0.3 is 5.32 Å². The standard InChI is InChI=1S/C18H23NOS/c1-13-6-5-7-16(11-13)21(20)12-18(19-4)17-9-8-14(2)10-15(17)3/h5-11,18-19H,12H2,1-4H3. The number of hydrogen-bond donors (Lipinski definition) is 1. The van der Waals surface area contributed by atoms with Crippen molar-refractivity contribution in [3.63, 3.8) is 0 Å². The Kier molecular flexibility index (Phi) is 5.32. The smallest absolute Gasteiger partial charge is 0.0548 e. The van der Waals surface area contributed by atoms with Gasteiger partial charge >= 0.3 is 0 Å². The highest BCUT2D eigenvalue weighted by Crippen LogP contribution is 2.22. The predicted molar refractivity (Wildman–Crippen MR) is 90.2 cm³/mol. The summed E-state index contributed by atoms with van der Waals surface area (Å²) in [6.45, 7) is 6.23. The number of rotatable bonds is 5. The first-order valence-corrected chi connectivity index (χ1v) is 8.52. The van der Waals surface area contributed by atoms with Gasteiger partial charge in [0.05, 0.1) is 10.8 Å². The Balaban J connectivity index is 2.21. The molecule has 2 aromatic rings. The first-order valence-electron chi connectivity index (χ1n) is 7.20. The molecule has 2 aromatic carbocycles. The zero-order valence-electron chi connectivity index (χ0n) is 13.1. The van der Waals surface area contributed by atoms with Gasteiger partial charge in [-0.25, -0.2) is 0 Å². The van der Waals surface area contributed by atoms with E-state index in [0.717, 1.165) is 10.5 Å². The minimum Gasteiger partial charge on any atom is -0.312 e. The van der Waals surface area contributed by atoms with Crippen LogP contribution in [0.1, 0.15) is 28.3 Å². The van der Waals surface area contributed by atoms with Crippen LogP contribution in [0.15, 0.2) is 47.4 Å². The Morgan fingerprint density at radius 2 is 1.76 bits per heavy atom. The van der Waals surface area contributed by atoms with E-state index in [4.69, 9.17) is 0 Å². The molecule has 0 amide bonds. The highest BCUT2D eigenvalue weighted by Gasteiger charge is 2.16. The molecule has 0 saturated heterocycles. The van der Waals surface area contributed by atoms with Gasteiger partial charge in [0.15, 0.2) is 0 Å². The minimum atomic E-state index is -1.00. The maximum atomic E-state index is 12.6. The second-order valence-electron chi connectivity index (χ2n) is 5.53. The van der Waals surface area contributed by atoms with Crippen LogP contribution >= 0.6 is 0 Å². The summed E-state index contributed by atoms with van der Waals surface area (Å²) in [7, 11) is 0.928. The summed E-state index contributed by atoms with van der Waals surface area (Å²) in [5, 5.41) is 3.30. The molecule has 0 saturated carbocycles. The molecule has 21 heavy (non-hydrogen) atoms. The maximum absolute atomic E-state index is 12.6. The SMILES string of the molecule is CNC(CS(=O)c1cccc(C)c1)c1ccc(C)cc1C. The van der Waals surface area contributed by atoms with Gasteiger partial charge in [-0.3, -0.25) is 4.21 Å². The molecule has 2 rings (SSSR count). The van der Waals surface area contributed by atoms with E-state index in [0.29, 0.717) is 5.75 Å². The summed E-state index contributed by atoms with van der Waals surface area (Å²) in [6, 6.07) is 14.5. The topological polar surface area (TPSA) is 29.1 Å². The number of benzene rings is 2. The van der Waals surface area contributed by atoms with Gasteiger partial charge in [-0.15, -0.1) is 0 Å². The normalized spacial score (nSPS) is 13.9. The van der Waals surface area contributed by atoms with Crippen molar-refractivity contribution < 1.29 is 4.21 Å². The average Bonchev–Trinajstić information content (AvgIpc) is 2.45. The summed E-state index contributed by atoms with van der Waals surface area (Å²) < 4.78 is 12.6. The van der Waals surface area contributed by atoms with Crippen molar-refractivity contribution >= 4 is 10.8 Å². The summed E-state index contributed by atoms with van der Waals surface area (Å²) in [6.07, 6.45) is 0. The molecule has 0 radical (unpaired) electrons. The molecule has 0 aromatic heterocycles. The summed E-state index contributed by atoms with van der Waals surface area (Å²) in [5.74, 6) is 0.587. The third-order valence-corrected chi connectivity index (χ3v) is 5.14.